The minimum atomic E-state index is -3.84. The van der Waals surface area contributed by atoms with E-state index in [0.29, 0.717) is 12.2 Å². The molecule has 1 aliphatic heterocycles. The van der Waals surface area contributed by atoms with Gasteiger partial charge in [-0.2, -0.15) is 4.31 Å². The quantitative estimate of drug-likeness (QED) is 0.632. The average Bonchev–Trinajstić information content (AvgIpc) is 2.87. The molecule has 1 aromatic carbocycles. The standard InChI is InChI=1S/C20H22ClN3O3S/c1-27-16-11-9-15(10-12-16)17-7-3-2-5-14-24(17)28(25,26)20-19(21)22-18-8-4-6-13-23(18)20/h4,6,8-13,17H,2-3,5,7,14H2,1H3. The molecule has 148 valence electrons. The second-order valence-corrected chi connectivity index (χ2v) is 9.05. The van der Waals surface area contributed by atoms with Crippen LogP contribution in [-0.2, 0) is 10.0 Å². The molecule has 4 rings (SSSR count). The second-order valence-electron chi connectivity index (χ2n) is 6.89. The Morgan fingerprint density at radius 3 is 2.64 bits per heavy atom. The number of ether oxygens (including phenoxy) is 1. The molecular weight excluding hydrogens is 398 g/mol. The molecule has 0 radical (unpaired) electrons. The van der Waals surface area contributed by atoms with Crippen LogP contribution in [-0.4, -0.2) is 35.8 Å². The Kier molecular flexibility index (Phi) is 5.31. The van der Waals surface area contributed by atoms with E-state index in [0.717, 1.165) is 37.0 Å². The Morgan fingerprint density at radius 1 is 1.11 bits per heavy atom. The normalized spacial score (nSPS) is 18.9. The lowest BCUT2D eigenvalue weighted by Gasteiger charge is -2.29. The fourth-order valence-corrected chi connectivity index (χ4v) is 6.10. The summed E-state index contributed by atoms with van der Waals surface area (Å²) in [4.78, 5) is 4.22. The zero-order chi connectivity index (χ0) is 19.7. The Morgan fingerprint density at radius 2 is 1.89 bits per heavy atom. The molecule has 8 heteroatoms. The fourth-order valence-electron chi connectivity index (χ4n) is 3.82. The van der Waals surface area contributed by atoms with Crippen molar-refractivity contribution in [2.75, 3.05) is 13.7 Å². The third kappa shape index (κ3) is 3.38. The SMILES string of the molecule is COc1ccc(C2CCCCCN2S(=O)(=O)c2c(Cl)nc3ccccn23)cc1. The third-order valence-corrected chi connectivity index (χ3v) is 7.51. The van der Waals surface area contributed by atoms with Gasteiger partial charge >= 0.3 is 0 Å². The van der Waals surface area contributed by atoms with Crippen molar-refractivity contribution in [2.24, 2.45) is 0 Å². The van der Waals surface area contributed by atoms with E-state index in [9.17, 15) is 8.42 Å². The largest absolute Gasteiger partial charge is 0.497 e. The smallest absolute Gasteiger partial charge is 0.262 e. The van der Waals surface area contributed by atoms with Crippen LogP contribution in [0.4, 0.5) is 0 Å². The van der Waals surface area contributed by atoms with E-state index in [1.54, 1.807) is 40.2 Å². The second kappa shape index (κ2) is 7.73. The lowest BCUT2D eigenvalue weighted by molar-refractivity contribution is 0.327. The van der Waals surface area contributed by atoms with Crippen LogP contribution in [0.1, 0.15) is 37.3 Å². The van der Waals surface area contributed by atoms with E-state index < -0.39 is 10.0 Å². The number of hydrogen-bond donors (Lipinski definition) is 0. The van der Waals surface area contributed by atoms with Crippen molar-refractivity contribution in [2.45, 2.75) is 36.8 Å². The average molecular weight is 420 g/mol. The van der Waals surface area contributed by atoms with Crippen LogP contribution >= 0.6 is 11.6 Å². The van der Waals surface area contributed by atoms with Gasteiger partial charge in [-0.25, -0.2) is 13.4 Å². The van der Waals surface area contributed by atoms with Gasteiger partial charge in [0.2, 0.25) is 0 Å². The number of imidazole rings is 1. The molecule has 1 atom stereocenters. The van der Waals surface area contributed by atoms with Crippen LogP contribution in [0, 0.1) is 0 Å². The number of halogens is 1. The Hall–Kier alpha value is -2.09. The molecule has 3 heterocycles. The zero-order valence-corrected chi connectivity index (χ0v) is 17.2. The molecule has 0 saturated carbocycles. The van der Waals surface area contributed by atoms with Gasteiger partial charge in [-0.1, -0.05) is 42.6 Å². The number of methoxy groups -OCH3 is 1. The minimum Gasteiger partial charge on any atom is -0.497 e. The summed E-state index contributed by atoms with van der Waals surface area (Å²) in [5, 5.41) is 0.0362. The summed E-state index contributed by atoms with van der Waals surface area (Å²) < 4.78 is 35.8. The van der Waals surface area contributed by atoms with Gasteiger partial charge in [0.1, 0.15) is 11.4 Å². The van der Waals surface area contributed by atoms with E-state index in [-0.39, 0.29) is 16.2 Å². The van der Waals surface area contributed by atoms with Crippen molar-refractivity contribution in [3.63, 3.8) is 0 Å². The van der Waals surface area contributed by atoms with Crippen LogP contribution in [0.15, 0.2) is 53.7 Å². The maximum absolute atomic E-state index is 13.7. The summed E-state index contributed by atoms with van der Waals surface area (Å²) in [6.07, 6.45) is 5.24. The predicted molar refractivity (Wildman–Crippen MR) is 108 cm³/mol. The number of hydrogen-bond acceptors (Lipinski definition) is 4. The highest BCUT2D eigenvalue weighted by molar-refractivity contribution is 7.89. The van der Waals surface area contributed by atoms with Gasteiger partial charge in [-0.15, -0.1) is 0 Å². The van der Waals surface area contributed by atoms with Crippen molar-refractivity contribution >= 4 is 27.3 Å². The third-order valence-electron chi connectivity index (χ3n) is 5.20. The molecule has 1 aliphatic rings. The lowest BCUT2D eigenvalue weighted by Crippen LogP contribution is -2.35. The van der Waals surface area contributed by atoms with Gasteiger partial charge in [0.25, 0.3) is 10.0 Å². The number of fused-ring (bicyclic) bond motifs is 1. The van der Waals surface area contributed by atoms with Crippen molar-refractivity contribution < 1.29 is 13.2 Å². The molecule has 28 heavy (non-hydrogen) atoms. The molecule has 3 aromatic rings. The highest BCUT2D eigenvalue weighted by atomic mass is 35.5. The van der Waals surface area contributed by atoms with Crippen molar-refractivity contribution in [3.8, 4) is 5.75 Å². The molecule has 0 N–H and O–H groups in total. The summed E-state index contributed by atoms with van der Waals surface area (Å²) in [5.74, 6) is 0.747. The number of benzene rings is 1. The molecule has 0 aliphatic carbocycles. The molecule has 1 fully saturated rings. The molecule has 0 bridgehead atoms. The number of pyridine rings is 1. The van der Waals surface area contributed by atoms with E-state index in [2.05, 4.69) is 4.98 Å². The summed E-state index contributed by atoms with van der Waals surface area (Å²) in [7, 11) is -2.23. The molecule has 6 nitrogen and oxygen atoms in total. The zero-order valence-electron chi connectivity index (χ0n) is 15.6. The molecule has 1 saturated heterocycles. The molecular formula is C20H22ClN3O3S. The first-order valence-corrected chi connectivity index (χ1v) is 11.1. The summed E-state index contributed by atoms with van der Waals surface area (Å²) in [6.45, 7) is 0.454. The van der Waals surface area contributed by atoms with Crippen LogP contribution in [0.2, 0.25) is 5.15 Å². The van der Waals surface area contributed by atoms with Gasteiger partial charge in [0.05, 0.1) is 13.2 Å². The van der Waals surface area contributed by atoms with Crippen LogP contribution in [0.3, 0.4) is 0 Å². The monoisotopic (exact) mass is 419 g/mol. The number of sulfonamides is 1. The van der Waals surface area contributed by atoms with Crippen molar-refractivity contribution in [1.82, 2.24) is 13.7 Å². The first-order valence-electron chi connectivity index (χ1n) is 9.31. The van der Waals surface area contributed by atoms with Crippen molar-refractivity contribution in [3.05, 3.63) is 59.4 Å². The Labute approximate surface area is 169 Å². The topological polar surface area (TPSA) is 63.9 Å². The maximum Gasteiger partial charge on any atom is 0.262 e. The van der Waals surface area contributed by atoms with Crippen LogP contribution in [0.5, 0.6) is 5.75 Å². The first kappa shape index (κ1) is 19.2. The molecule has 0 amide bonds. The van der Waals surface area contributed by atoms with E-state index >= 15 is 0 Å². The molecule has 1 unspecified atom stereocenters. The van der Waals surface area contributed by atoms with E-state index in [4.69, 9.17) is 16.3 Å². The van der Waals surface area contributed by atoms with Crippen LogP contribution in [0.25, 0.3) is 5.65 Å². The molecule has 2 aromatic heterocycles. The highest BCUT2D eigenvalue weighted by Crippen LogP contribution is 2.37. The Bertz CT molecular complexity index is 1080. The lowest BCUT2D eigenvalue weighted by atomic mass is 10.0. The first-order chi connectivity index (χ1) is 13.5. The maximum atomic E-state index is 13.7. The number of rotatable bonds is 4. The number of nitrogens with zero attached hydrogens (tertiary/aromatic N) is 3. The summed E-state index contributed by atoms with van der Waals surface area (Å²) in [6, 6.07) is 12.7. The fraction of sp³-hybridized carbons (Fsp3) is 0.350. The van der Waals surface area contributed by atoms with Gasteiger partial charge in [0.15, 0.2) is 10.2 Å². The van der Waals surface area contributed by atoms with E-state index in [1.165, 1.54) is 0 Å². The highest BCUT2D eigenvalue weighted by Gasteiger charge is 2.37. The summed E-state index contributed by atoms with van der Waals surface area (Å²) >= 11 is 6.29. The van der Waals surface area contributed by atoms with E-state index in [1.807, 2.05) is 24.3 Å². The van der Waals surface area contributed by atoms with Gasteiger partial charge in [0, 0.05) is 12.7 Å². The minimum absolute atomic E-state index is 0.00364. The van der Waals surface area contributed by atoms with Gasteiger partial charge < -0.3 is 4.74 Å². The number of aromatic nitrogens is 2. The predicted octanol–water partition coefficient (Wildman–Crippen LogP) is 4.30. The van der Waals surface area contributed by atoms with Crippen LogP contribution < -0.4 is 4.74 Å². The molecule has 0 spiro atoms. The summed E-state index contributed by atoms with van der Waals surface area (Å²) in [5.41, 5.74) is 1.47. The Balaban J connectivity index is 1.81. The van der Waals surface area contributed by atoms with Gasteiger partial charge in [-0.3, -0.25) is 4.40 Å². The van der Waals surface area contributed by atoms with Crippen molar-refractivity contribution in [1.29, 1.82) is 0 Å². The van der Waals surface area contributed by atoms with Gasteiger partial charge in [-0.05, 0) is 42.7 Å².